The van der Waals surface area contributed by atoms with Gasteiger partial charge in [-0.25, -0.2) is 8.78 Å². The Bertz CT molecular complexity index is 409. The third-order valence-electron chi connectivity index (χ3n) is 2.12. The topological polar surface area (TPSA) is 71.2 Å². The lowest BCUT2D eigenvalue weighted by molar-refractivity contribution is -0.0979. The fourth-order valence-corrected chi connectivity index (χ4v) is 1.26. The van der Waals surface area contributed by atoms with Crippen LogP contribution in [0.5, 0.6) is 0 Å². The second-order valence-electron chi connectivity index (χ2n) is 3.30. The van der Waals surface area contributed by atoms with Gasteiger partial charge in [0.1, 0.15) is 6.79 Å². The molecule has 0 fully saturated rings. The quantitative estimate of drug-likeness (QED) is 0.515. The summed E-state index contributed by atoms with van der Waals surface area (Å²) in [7, 11) is 1.00. The van der Waals surface area contributed by atoms with Crippen LogP contribution in [0.4, 0.5) is 8.78 Å². The van der Waals surface area contributed by atoms with Crippen molar-refractivity contribution >= 4 is 19.4 Å². The molecule has 0 atom stereocenters. The van der Waals surface area contributed by atoms with Gasteiger partial charge in [0.25, 0.3) is 6.43 Å². The first-order valence-corrected chi connectivity index (χ1v) is 5.95. The number of carbonyl (C=O) groups excluding carboxylic acids is 1. The Hall–Kier alpha value is -2.15. The molecular weight excluding hydrogens is 282 g/mol. The minimum atomic E-state index is -2.54. The predicted molar refractivity (Wildman–Crippen MR) is 79.1 cm³/mol. The molecule has 5 nitrogen and oxygen atoms in total. The van der Waals surface area contributed by atoms with Gasteiger partial charge in [-0.1, -0.05) is 19.1 Å². The number of carbonyl (C=O) groups is 1. The van der Waals surface area contributed by atoms with Gasteiger partial charge in [-0.3, -0.25) is 0 Å². The molecular formula is C14H20F2N2O3. The van der Waals surface area contributed by atoms with Gasteiger partial charge in [-0.2, -0.15) is 5.10 Å². The molecule has 0 aliphatic carbocycles. The summed E-state index contributed by atoms with van der Waals surface area (Å²) in [5.74, 6) is 0.0583. The third kappa shape index (κ3) is 9.39. The zero-order chi connectivity index (χ0) is 16.7. The highest BCUT2D eigenvalue weighted by molar-refractivity contribution is 5.94. The van der Waals surface area contributed by atoms with Crippen LogP contribution < -0.4 is 0 Å². The van der Waals surface area contributed by atoms with E-state index in [4.69, 9.17) is 14.6 Å². The van der Waals surface area contributed by atoms with E-state index in [-0.39, 0.29) is 5.90 Å². The number of alkyl halides is 2. The molecule has 0 aliphatic heterocycles. The lowest BCUT2D eigenvalue weighted by Crippen LogP contribution is -2.12. The minimum Gasteiger partial charge on any atom is -0.470 e. The Morgan fingerprint density at radius 1 is 1.29 bits per heavy atom. The summed E-state index contributed by atoms with van der Waals surface area (Å²) in [4.78, 5) is 8.00. The van der Waals surface area contributed by atoms with Crippen molar-refractivity contribution in [2.24, 2.45) is 10.2 Å². The van der Waals surface area contributed by atoms with Gasteiger partial charge in [0.2, 0.25) is 5.90 Å². The molecule has 1 aromatic carbocycles. The zero-order valence-corrected chi connectivity index (χ0v) is 12.1. The number of hydrogen-bond acceptors (Lipinski definition) is 5. The van der Waals surface area contributed by atoms with E-state index in [0.29, 0.717) is 5.56 Å². The molecule has 0 bridgehead atoms. The van der Waals surface area contributed by atoms with E-state index in [9.17, 15) is 8.78 Å². The Kier molecular flexibility index (Phi) is 14.4. The van der Waals surface area contributed by atoms with Gasteiger partial charge in [-0.05, 0) is 24.1 Å². The summed E-state index contributed by atoms with van der Waals surface area (Å²) in [6.45, 7) is 6.51. The molecule has 1 N–H and O–H groups in total. The van der Waals surface area contributed by atoms with Crippen LogP contribution in [-0.2, 0) is 16.0 Å². The van der Waals surface area contributed by atoms with Gasteiger partial charge in [0.05, 0.1) is 0 Å². The maximum absolute atomic E-state index is 12.0. The van der Waals surface area contributed by atoms with Crippen LogP contribution in [0, 0.1) is 0 Å². The van der Waals surface area contributed by atoms with Gasteiger partial charge < -0.3 is 14.6 Å². The maximum Gasteiger partial charge on any atom is 0.272 e. The van der Waals surface area contributed by atoms with Crippen LogP contribution in [0.1, 0.15) is 18.1 Å². The first-order chi connectivity index (χ1) is 10.2. The Labute approximate surface area is 123 Å². The number of aliphatic hydroxyl groups is 1. The molecule has 0 unspecified atom stereocenters. The van der Waals surface area contributed by atoms with Crippen LogP contribution in [0.15, 0.2) is 34.5 Å². The van der Waals surface area contributed by atoms with Gasteiger partial charge in [0, 0.05) is 19.4 Å². The van der Waals surface area contributed by atoms with Crippen molar-refractivity contribution in [2.75, 3.05) is 13.7 Å². The molecule has 7 heteroatoms. The van der Waals surface area contributed by atoms with E-state index in [2.05, 4.69) is 16.9 Å². The fourth-order valence-electron chi connectivity index (χ4n) is 1.26. The summed E-state index contributed by atoms with van der Waals surface area (Å²) >= 11 is 0. The lowest BCUT2D eigenvalue weighted by atomic mass is 10.1. The first-order valence-electron chi connectivity index (χ1n) is 5.95. The highest BCUT2D eigenvalue weighted by Gasteiger charge is 2.09. The Morgan fingerprint density at radius 3 is 2.19 bits per heavy atom. The lowest BCUT2D eigenvalue weighted by Gasteiger charge is -2.08. The second-order valence-corrected chi connectivity index (χ2v) is 3.30. The molecule has 0 radical (unpaired) electrons. The Morgan fingerprint density at radius 2 is 1.81 bits per heavy atom. The first kappa shape index (κ1) is 21.2. The summed E-state index contributed by atoms with van der Waals surface area (Å²) in [5, 5.41) is 13.9. The summed E-state index contributed by atoms with van der Waals surface area (Å²) in [6, 6.07) is 7.29. The fraction of sp³-hybridized carbons (Fsp3) is 0.357. The second kappa shape index (κ2) is 14.3. The molecule has 0 saturated heterocycles. The number of nitrogens with zero attached hydrogens (tertiary/aromatic N) is 2. The Balaban J connectivity index is 0. The molecule has 118 valence electrons. The number of hydrogen-bond donors (Lipinski definition) is 1. The molecule has 0 spiro atoms. The van der Waals surface area contributed by atoms with Crippen molar-refractivity contribution in [2.45, 2.75) is 19.8 Å². The summed E-state index contributed by atoms with van der Waals surface area (Å²) in [6.07, 6.45) is -1.63. The van der Waals surface area contributed by atoms with E-state index < -0.39 is 13.0 Å². The summed E-state index contributed by atoms with van der Waals surface area (Å²) in [5.41, 5.74) is 1.75. The molecule has 1 aromatic rings. The average Bonchev–Trinajstić information content (AvgIpc) is 2.55. The van der Waals surface area contributed by atoms with Gasteiger partial charge in [0.15, 0.2) is 6.61 Å². The molecule has 1 rings (SSSR count). The van der Waals surface area contributed by atoms with Crippen LogP contribution in [0.25, 0.3) is 0 Å². The third-order valence-corrected chi connectivity index (χ3v) is 2.12. The molecule has 0 saturated carbocycles. The molecule has 0 amide bonds. The van der Waals surface area contributed by atoms with Crippen molar-refractivity contribution in [3.8, 4) is 0 Å². The van der Waals surface area contributed by atoms with Crippen molar-refractivity contribution < 1.29 is 23.4 Å². The number of rotatable bonds is 5. The predicted octanol–water partition coefficient (Wildman–Crippen LogP) is 2.32. The van der Waals surface area contributed by atoms with Crippen molar-refractivity contribution in [3.63, 3.8) is 0 Å². The van der Waals surface area contributed by atoms with Gasteiger partial charge >= 0.3 is 0 Å². The van der Waals surface area contributed by atoms with Crippen LogP contribution >= 0.6 is 0 Å². The largest absolute Gasteiger partial charge is 0.470 e. The molecule has 0 heterocycles. The molecule has 0 aliphatic rings. The summed E-state index contributed by atoms with van der Waals surface area (Å²) < 4.78 is 29.0. The minimum absolute atomic E-state index is 0.0583. The zero-order valence-electron chi connectivity index (χ0n) is 12.1. The number of ether oxygens (including phenoxy) is 1. The van der Waals surface area contributed by atoms with E-state index in [1.54, 1.807) is 12.1 Å². The standard InChI is InChI=1S/C12H14F2N2O.CH4O.CH2O/c1-3-9-4-6-10(7-5-9)12(16-15-2)17-8-11(13)14;2*1-2/h4-7,11H,2-3,8H2,1H3;2H,1H3;1H2/b16-12-;;. The van der Waals surface area contributed by atoms with Gasteiger partial charge in [-0.15, -0.1) is 5.10 Å². The highest BCUT2D eigenvalue weighted by atomic mass is 19.3. The average molecular weight is 302 g/mol. The number of halogens is 2. The SMILES string of the molecule is C=N/N=C(\OCC(F)F)c1ccc(CC)cc1.C=O.CO. The van der Waals surface area contributed by atoms with Crippen LogP contribution in [-0.4, -0.2) is 44.7 Å². The van der Waals surface area contributed by atoms with E-state index in [1.807, 2.05) is 25.8 Å². The highest BCUT2D eigenvalue weighted by Crippen LogP contribution is 2.08. The van der Waals surface area contributed by atoms with E-state index >= 15 is 0 Å². The normalized spacial score (nSPS) is 9.90. The smallest absolute Gasteiger partial charge is 0.272 e. The van der Waals surface area contributed by atoms with Crippen molar-refractivity contribution in [1.82, 2.24) is 0 Å². The number of benzene rings is 1. The van der Waals surface area contributed by atoms with Crippen molar-refractivity contribution in [3.05, 3.63) is 35.4 Å². The maximum atomic E-state index is 12.0. The monoisotopic (exact) mass is 302 g/mol. The molecule has 0 aromatic heterocycles. The number of aliphatic hydroxyl groups excluding tert-OH is 1. The van der Waals surface area contributed by atoms with E-state index in [0.717, 1.165) is 19.1 Å². The number of aryl methyl sites for hydroxylation is 1. The van der Waals surface area contributed by atoms with Crippen LogP contribution in [0.2, 0.25) is 0 Å². The molecule has 21 heavy (non-hydrogen) atoms. The van der Waals surface area contributed by atoms with Crippen molar-refractivity contribution in [1.29, 1.82) is 0 Å². The van der Waals surface area contributed by atoms with Crippen LogP contribution in [0.3, 0.4) is 0 Å². The van der Waals surface area contributed by atoms with E-state index in [1.165, 1.54) is 0 Å².